The molecule has 2 rings (SSSR count). The van der Waals surface area contributed by atoms with E-state index in [9.17, 15) is 0 Å². The Labute approximate surface area is 109 Å². The minimum Gasteiger partial charge on any atom is -0.411 e. The van der Waals surface area contributed by atoms with Crippen LogP contribution in [0.25, 0.3) is 0 Å². The van der Waals surface area contributed by atoms with Crippen molar-refractivity contribution in [1.29, 1.82) is 0 Å². The molecule has 0 spiro atoms. The van der Waals surface area contributed by atoms with Crippen molar-refractivity contribution in [2.24, 2.45) is 5.16 Å². The molecule has 2 aromatic heterocycles. The lowest BCUT2D eigenvalue weighted by Gasteiger charge is -1.97. The predicted octanol–water partition coefficient (Wildman–Crippen LogP) is 2.55. The maximum absolute atomic E-state index is 8.36. The van der Waals surface area contributed by atoms with Crippen LogP contribution in [0.3, 0.4) is 0 Å². The van der Waals surface area contributed by atoms with Crippen molar-refractivity contribution in [3.05, 3.63) is 46.2 Å². The van der Waals surface area contributed by atoms with Gasteiger partial charge >= 0.3 is 0 Å². The lowest BCUT2D eigenvalue weighted by atomic mass is 10.1. The summed E-state index contributed by atoms with van der Waals surface area (Å²) in [5, 5.41) is 14.2. The van der Waals surface area contributed by atoms with Crippen LogP contribution in [0.4, 0.5) is 0 Å². The predicted molar refractivity (Wildman–Crippen MR) is 70.4 cm³/mol. The highest BCUT2D eigenvalue weighted by Crippen LogP contribution is 2.11. The molecule has 90 valence electrons. The molecule has 0 saturated carbocycles. The molecule has 1 N–H and O–H groups in total. The number of hydrogen-bond donors (Lipinski definition) is 1. The van der Waals surface area contributed by atoms with Gasteiger partial charge in [-0.15, -0.1) is 23.7 Å². The van der Waals surface area contributed by atoms with Crippen LogP contribution in [-0.4, -0.2) is 21.4 Å². The van der Waals surface area contributed by atoms with E-state index >= 15 is 0 Å². The maximum atomic E-state index is 8.36. The number of oxime groups is 1. The highest BCUT2D eigenvalue weighted by Gasteiger charge is 2.01. The SMILES string of the molecule is Cl.ON=Cc1csc(CCc2ccncc2)n1. The first-order chi connectivity index (χ1) is 7.88. The van der Waals surface area contributed by atoms with E-state index in [1.54, 1.807) is 23.7 Å². The van der Waals surface area contributed by atoms with Gasteiger partial charge in [-0.25, -0.2) is 4.98 Å². The molecule has 0 aliphatic carbocycles. The molecule has 0 radical (unpaired) electrons. The first-order valence-electron chi connectivity index (χ1n) is 4.89. The molecular weight excluding hydrogens is 258 g/mol. The molecular formula is C11H12ClN3OS. The lowest BCUT2D eigenvalue weighted by molar-refractivity contribution is 0.321. The Morgan fingerprint density at radius 3 is 2.76 bits per heavy atom. The second kappa shape index (κ2) is 6.98. The smallest absolute Gasteiger partial charge is 0.0958 e. The van der Waals surface area contributed by atoms with E-state index in [0.717, 1.165) is 17.8 Å². The Bertz CT molecular complexity index is 473. The van der Waals surface area contributed by atoms with Crippen LogP contribution < -0.4 is 0 Å². The van der Waals surface area contributed by atoms with Crippen LogP contribution in [0.2, 0.25) is 0 Å². The summed E-state index contributed by atoms with van der Waals surface area (Å²) in [7, 11) is 0. The summed E-state index contributed by atoms with van der Waals surface area (Å²) >= 11 is 1.58. The number of nitrogens with zero attached hydrogens (tertiary/aromatic N) is 3. The van der Waals surface area contributed by atoms with Gasteiger partial charge in [0.15, 0.2) is 0 Å². The van der Waals surface area contributed by atoms with Crippen molar-refractivity contribution in [1.82, 2.24) is 9.97 Å². The number of thiazole rings is 1. The van der Waals surface area contributed by atoms with E-state index in [4.69, 9.17) is 5.21 Å². The molecule has 0 fully saturated rings. The fourth-order valence-corrected chi connectivity index (χ4v) is 2.11. The van der Waals surface area contributed by atoms with Gasteiger partial charge in [0.2, 0.25) is 0 Å². The van der Waals surface area contributed by atoms with Crippen molar-refractivity contribution >= 4 is 30.0 Å². The number of aromatic nitrogens is 2. The fraction of sp³-hybridized carbons (Fsp3) is 0.182. The summed E-state index contributed by atoms with van der Waals surface area (Å²) in [5.74, 6) is 0. The summed E-state index contributed by atoms with van der Waals surface area (Å²) in [6.07, 6.45) is 6.77. The monoisotopic (exact) mass is 269 g/mol. The Balaban J connectivity index is 0.00000144. The zero-order valence-corrected chi connectivity index (χ0v) is 10.6. The summed E-state index contributed by atoms with van der Waals surface area (Å²) in [6, 6.07) is 4.01. The molecule has 2 aromatic rings. The number of aryl methyl sites for hydroxylation is 2. The van der Waals surface area contributed by atoms with E-state index in [2.05, 4.69) is 15.1 Å². The standard InChI is InChI=1S/C11H11N3OS.ClH/c15-13-7-10-8-16-11(14-10)2-1-9-3-5-12-6-4-9;/h3-8,15H,1-2H2;1H. The van der Waals surface area contributed by atoms with Gasteiger partial charge in [-0.1, -0.05) is 5.16 Å². The van der Waals surface area contributed by atoms with Crippen LogP contribution in [0.15, 0.2) is 35.1 Å². The van der Waals surface area contributed by atoms with E-state index in [0.29, 0.717) is 5.69 Å². The average Bonchev–Trinajstić information content (AvgIpc) is 2.76. The van der Waals surface area contributed by atoms with Gasteiger partial charge in [0.1, 0.15) is 0 Å². The largest absolute Gasteiger partial charge is 0.411 e. The van der Waals surface area contributed by atoms with Crippen LogP contribution in [-0.2, 0) is 12.8 Å². The number of halogens is 1. The molecule has 0 aliphatic heterocycles. The average molecular weight is 270 g/mol. The molecule has 0 aliphatic rings. The Morgan fingerprint density at radius 1 is 1.29 bits per heavy atom. The maximum Gasteiger partial charge on any atom is 0.0958 e. The third kappa shape index (κ3) is 4.13. The Morgan fingerprint density at radius 2 is 2.06 bits per heavy atom. The van der Waals surface area contributed by atoms with Crippen LogP contribution >= 0.6 is 23.7 Å². The molecule has 17 heavy (non-hydrogen) atoms. The fourth-order valence-electron chi connectivity index (χ4n) is 1.36. The Hall–Kier alpha value is -1.46. The molecule has 0 amide bonds. The van der Waals surface area contributed by atoms with E-state index in [1.165, 1.54) is 11.8 Å². The molecule has 2 heterocycles. The molecule has 0 saturated heterocycles. The minimum absolute atomic E-state index is 0. The van der Waals surface area contributed by atoms with Gasteiger partial charge in [0.25, 0.3) is 0 Å². The minimum atomic E-state index is 0. The van der Waals surface area contributed by atoms with Gasteiger partial charge in [0, 0.05) is 24.2 Å². The highest BCUT2D eigenvalue weighted by molar-refractivity contribution is 7.09. The molecule has 4 nitrogen and oxygen atoms in total. The van der Waals surface area contributed by atoms with Gasteiger partial charge in [0.05, 0.1) is 16.9 Å². The van der Waals surface area contributed by atoms with E-state index in [-0.39, 0.29) is 12.4 Å². The van der Waals surface area contributed by atoms with Gasteiger partial charge in [-0.2, -0.15) is 0 Å². The molecule has 0 bridgehead atoms. The van der Waals surface area contributed by atoms with Crippen LogP contribution in [0.1, 0.15) is 16.3 Å². The molecule has 6 heteroatoms. The molecule has 0 atom stereocenters. The second-order valence-electron chi connectivity index (χ2n) is 3.27. The lowest BCUT2D eigenvalue weighted by Crippen LogP contribution is -1.91. The third-order valence-electron chi connectivity index (χ3n) is 2.14. The van der Waals surface area contributed by atoms with Crippen LogP contribution in [0, 0.1) is 0 Å². The van der Waals surface area contributed by atoms with Gasteiger partial charge in [-0.05, 0) is 24.1 Å². The van der Waals surface area contributed by atoms with E-state index in [1.807, 2.05) is 17.5 Å². The first-order valence-corrected chi connectivity index (χ1v) is 5.77. The normalized spacial score (nSPS) is 10.4. The number of rotatable bonds is 4. The van der Waals surface area contributed by atoms with Crippen molar-refractivity contribution in [2.75, 3.05) is 0 Å². The Kier molecular flexibility index (Phi) is 5.59. The molecule has 0 aromatic carbocycles. The number of pyridine rings is 1. The van der Waals surface area contributed by atoms with Gasteiger partial charge in [-0.3, -0.25) is 4.98 Å². The zero-order chi connectivity index (χ0) is 11.2. The summed E-state index contributed by atoms with van der Waals surface area (Å²) in [6.45, 7) is 0. The third-order valence-corrected chi connectivity index (χ3v) is 3.06. The topological polar surface area (TPSA) is 58.4 Å². The second-order valence-corrected chi connectivity index (χ2v) is 4.21. The highest BCUT2D eigenvalue weighted by atomic mass is 35.5. The molecule has 0 unspecified atom stereocenters. The summed E-state index contributed by atoms with van der Waals surface area (Å²) < 4.78 is 0. The first kappa shape index (κ1) is 13.6. The van der Waals surface area contributed by atoms with E-state index < -0.39 is 0 Å². The van der Waals surface area contributed by atoms with Crippen LogP contribution in [0.5, 0.6) is 0 Å². The quantitative estimate of drug-likeness (QED) is 0.527. The van der Waals surface area contributed by atoms with Crippen molar-refractivity contribution in [2.45, 2.75) is 12.8 Å². The van der Waals surface area contributed by atoms with Crippen molar-refractivity contribution in [3.8, 4) is 0 Å². The summed E-state index contributed by atoms with van der Waals surface area (Å²) in [5.41, 5.74) is 1.96. The van der Waals surface area contributed by atoms with Crippen molar-refractivity contribution < 1.29 is 5.21 Å². The number of hydrogen-bond acceptors (Lipinski definition) is 5. The van der Waals surface area contributed by atoms with Crippen molar-refractivity contribution in [3.63, 3.8) is 0 Å². The van der Waals surface area contributed by atoms with Gasteiger partial charge < -0.3 is 5.21 Å². The summed E-state index contributed by atoms with van der Waals surface area (Å²) in [4.78, 5) is 8.28. The zero-order valence-electron chi connectivity index (χ0n) is 8.98.